The molecule has 2 nitrogen and oxygen atoms in total. The molecule has 0 N–H and O–H groups in total. The third-order valence-electron chi connectivity index (χ3n) is 13.1. The van der Waals surface area contributed by atoms with Crippen LogP contribution in [-0.4, -0.2) is 6.04 Å². The van der Waals surface area contributed by atoms with E-state index >= 15 is 0 Å². The van der Waals surface area contributed by atoms with Crippen molar-refractivity contribution < 1.29 is 4.42 Å². The molecule has 6 aliphatic carbocycles. The van der Waals surface area contributed by atoms with Crippen molar-refractivity contribution in [3.8, 4) is 11.1 Å². The molecule has 3 unspecified atom stereocenters. The van der Waals surface area contributed by atoms with Crippen LogP contribution in [0.4, 0.5) is 5.69 Å². The van der Waals surface area contributed by atoms with E-state index in [4.69, 9.17) is 4.42 Å². The van der Waals surface area contributed by atoms with Gasteiger partial charge in [0.05, 0.1) is 6.04 Å². The molecule has 0 fully saturated rings. The molecule has 3 aromatic carbocycles. The Hall–Kier alpha value is -5.08. The number of anilines is 1. The summed E-state index contributed by atoms with van der Waals surface area (Å²) in [5, 5.41) is 1.31. The molecule has 264 valence electrons. The van der Waals surface area contributed by atoms with Gasteiger partial charge in [-0.3, -0.25) is 0 Å². The summed E-state index contributed by atoms with van der Waals surface area (Å²) in [6.45, 7) is 4.80. The summed E-state index contributed by atoms with van der Waals surface area (Å²) in [7, 11) is 0. The van der Waals surface area contributed by atoms with E-state index in [2.05, 4.69) is 152 Å². The summed E-state index contributed by atoms with van der Waals surface area (Å²) in [6.07, 6.45) is 36.1. The van der Waals surface area contributed by atoms with E-state index in [0.29, 0.717) is 17.9 Å². The molecule has 0 bridgehead atoms. The van der Waals surface area contributed by atoms with Gasteiger partial charge in [-0.2, -0.15) is 0 Å². The molecule has 0 radical (unpaired) electrons. The molecule has 2 heteroatoms. The van der Waals surface area contributed by atoms with Gasteiger partial charge in [0.1, 0.15) is 11.3 Å². The van der Waals surface area contributed by atoms with Crippen LogP contribution in [0.1, 0.15) is 87.7 Å². The van der Waals surface area contributed by atoms with Crippen molar-refractivity contribution in [2.75, 3.05) is 4.90 Å². The molecule has 6 aliphatic rings. The number of hydrogen-bond donors (Lipinski definition) is 0. The first kappa shape index (κ1) is 32.6. The predicted molar refractivity (Wildman–Crippen MR) is 223 cm³/mol. The van der Waals surface area contributed by atoms with Gasteiger partial charge in [0, 0.05) is 38.9 Å². The number of aryl methyl sites for hydroxylation is 1. The van der Waals surface area contributed by atoms with Crippen LogP contribution in [0.15, 0.2) is 155 Å². The Labute approximate surface area is 315 Å². The zero-order chi connectivity index (χ0) is 35.5. The molecule has 3 atom stereocenters. The van der Waals surface area contributed by atoms with Gasteiger partial charge in [-0.1, -0.05) is 135 Å². The van der Waals surface area contributed by atoms with Gasteiger partial charge in [0.15, 0.2) is 0 Å². The van der Waals surface area contributed by atoms with Gasteiger partial charge in [-0.25, -0.2) is 0 Å². The van der Waals surface area contributed by atoms with Crippen molar-refractivity contribution >= 4 is 27.8 Å². The molecule has 1 heterocycles. The van der Waals surface area contributed by atoms with Crippen LogP contribution >= 0.6 is 0 Å². The van der Waals surface area contributed by atoms with Gasteiger partial charge in [0.2, 0.25) is 0 Å². The fraction of sp³-hybridized carbons (Fsp3) is 0.294. The van der Waals surface area contributed by atoms with Crippen molar-refractivity contribution in [1.82, 2.24) is 0 Å². The van der Waals surface area contributed by atoms with Crippen molar-refractivity contribution in [3.05, 3.63) is 173 Å². The maximum Gasteiger partial charge on any atom is 0.143 e. The number of rotatable bonds is 6. The van der Waals surface area contributed by atoms with Gasteiger partial charge >= 0.3 is 0 Å². The quantitative estimate of drug-likeness (QED) is 0.187. The highest BCUT2D eigenvalue weighted by atomic mass is 16.3. The maximum atomic E-state index is 7.06. The Kier molecular flexibility index (Phi) is 8.05. The lowest BCUT2D eigenvalue weighted by molar-refractivity contribution is 0.404. The number of benzene rings is 3. The predicted octanol–water partition coefficient (Wildman–Crippen LogP) is 13.4. The third kappa shape index (κ3) is 5.52. The summed E-state index contributed by atoms with van der Waals surface area (Å²) >= 11 is 0. The molecular weight excluding hydrogens is 643 g/mol. The van der Waals surface area contributed by atoms with E-state index in [-0.39, 0.29) is 5.41 Å². The lowest BCUT2D eigenvalue weighted by atomic mass is 9.78. The first-order valence-electron chi connectivity index (χ1n) is 20.1. The molecule has 53 heavy (non-hydrogen) atoms. The van der Waals surface area contributed by atoms with E-state index in [1.165, 1.54) is 67.7 Å². The number of nitrogens with zero attached hydrogens (tertiary/aromatic N) is 1. The molecule has 4 aromatic rings. The monoisotopic (exact) mass is 691 g/mol. The highest BCUT2D eigenvalue weighted by Crippen LogP contribution is 2.54. The largest absolute Gasteiger partial charge is 0.455 e. The fourth-order valence-electron chi connectivity index (χ4n) is 10.3. The number of fused-ring (bicyclic) bond motifs is 6. The van der Waals surface area contributed by atoms with Gasteiger partial charge in [0.25, 0.3) is 0 Å². The molecule has 1 aromatic heterocycles. The second-order valence-electron chi connectivity index (χ2n) is 16.4. The smallest absolute Gasteiger partial charge is 0.143 e. The highest BCUT2D eigenvalue weighted by Gasteiger charge is 2.40. The zero-order valence-corrected chi connectivity index (χ0v) is 31.2. The minimum atomic E-state index is 0.0507. The van der Waals surface area contributed by atoms with Crippen LogP contribution in [0.25, 0.3) is 33.2 Å². The number of furan rings is 1. The van der Waals surface area contributed by atoms with Crippen LogP contribution < -0.4 is 4.90 Å². The van der Waals surface area contributed by atoms with Gasteiger partial charge < -0.3 is 9.32 Å². The Morgan fingerprint density at radius 1 is 0.736 bits per heavy atom. The number of hydrogen-bond acceptors (Lipinski definition) is 2. The zero-order valence-electron chi connectivity index (χ0n) is 31.2. The van der Waals surface area contributed by atoms with Gasteiger partial charge in [-0.15, -0.1) is 0 Å². The minimum absolute atomic E-state index is 0.0507. The second kappa shape index (κ2) is 13.1. The molecule has 0 amide bonds. The number of allylic oxidation sites excluding steroid dienone is 15. The van der Waals surface area contributed by atoms with E-state index < -0.39 is 0 Å². The summed E-state index contributed by atoms with van der Waals surface area (Å²) < 4.78 is 7.06. The third-order valence-corrected chi connectivity index (χ3v) is 13.1. The maximum absolute atomic E-state index is 7.06. The molecule has 0 saturated carbocycles. The molecule has 0 spiro atoms. The first-order valence-corrected chi connectivity index (χ1v) is 20.1. The van der Waals surface area contributed by atoms with Crippen LogP contribution in [0.5, 0.6) is 0 Å². The van der Waals surface area contributed by atoms with Gasteiger partial charge in [-0.05, 0) is 116 Å². The summed E-state index contributed by atoms with van der Waals surface area (Å²) in [5.74, 6) is 2.34. The van der Waals surface area contributed by atoms with Crippen LogP contribution in [0.3, 0.4) is 0 Å². The lowest BCUT2D eigenvalue weighted by Gasteiger charge is -2.39. The molecule has 0 aliphatic heterocycles. The highest BCUT2D eigenvalue weighted by molar-refractivity contribution is 6.02. The Morgan fingerprint density at radius 2 is 1.60 bits per heavy atom. The first-order chi connectivity index (χ1) is 26.0. The molecule has 10 rings (SSSR count). The minimum Gasteiger partial charge on any atom is -0.455 e. The topological polar surface area (TPSA) is 16.4 Å². The Balaban J connectivity index is 0.991. The van der Waals surface area contributed by atoms with Crippen LogP contribution in [0.2, 0.25) is 0 Å². The van der Waals surface area contributed by atoms with E-state index in [1.54, 1.807) is 5.57 Å². The van der Waals surface area contributed by atoms with Crippen molar-refractivity contribution in [2.45, 2.75) is 83.1 Å². The average molecular weight is 692 g/mol. The van der Waals surface area contributed by atoms with E-state index in [1.807, 2.05) is 0 Å². The molecule has 0 saturated heterocycles. The second-order valence-corrected chi connectivity index (χ2v) is 16.4. The SMILES string of the molecule is CC1(C)C2=C(C=CCC2)c2c1ccc1c3c(oc21)C(C1=CC=C(N(c2ccc(-c4ccccc4)cc2)C2C=CC(C4C=CC=CC4)CC2)CC1)=CCC3. The lowest BCUT2D eigenvalue weighted by Crippen LogP contribution is -2.36. The van der Waals surface area contributed by atoms with Crippen molar-refractivity contribution in [2.24, 2.45) is 11.8 Å². The van der Waals surface area contributed by atoms with Crippen LogP contribution in [-0.2, 0) is 11.8 Å². The van der Waals surface area contributed by atoms with Crippen LogP contribution in [0, 0.1) is 11.8 Å². The standard InChI is InChI=1S/C51H49NO/c1-51(2)46-19-10-9-16-45(46)48-47(51)33-32-44-43-18-11-17-42(49(43)53-50(44)48)38-24-30-41(31-25-38)52(39-26-20-36(21-27-39)34-12-5-3-6-13-34)40-28-22-37(23-29-40)35-14-7-4-8-15-35/h3-9,12-14,16-17,20-22,24,26-28,30,32-33,35,37,40H,10-11,15,18-19,23,25,29,31H2,1-2H3. The fourth-order valence-corrected chi connectivity index (χ4v) is 10.3. The summed E-state index contributed by atoms with van der Waals surface area (Å²) in [6, 6.07) is 25.1. The normalized spacial score (nSPS) is 24.0. The average Bonchev–Trinajstić information content (AvgIpc) is 3.72. The molecular formula is C51H49NO. The van der Waals surface area contributed by atoms with E-state index in [0.717, 1.165) is 62.7 Å². The Bertz CT molecular complexity index is 2350. The van der Waals surface area contributed by atoms with Crippen molar-refractivity contribution in [1.29, 1.82) is 0 Å². The van der Waals surface area contributed by atoms with E-state index in [9.17, 15) is 0 Å². The summed E-state index contributed by atoms with van der Waals surface area (Å²) in [5.41, 5.74) is 16.2. The van der Waals surface area contributed by atoms with Crippen molar-refractivity contribution in [3.63, 3.8) is 0 Å². The Morgan fingerprint density at radius 3 is 2.38 bits per heavy atom. The summed E-state index contributed by atoms with van der Waals surface area (Å²) in [4.78, 5) is 2.64.